The molecule has 1 aromatic heterocycles. The lowest BCUT2D eigenvalue weighted by atomic mass is 10.1. The number of nitrogens with one attached hydrogen (secondary N) is 1. The molecule has 5 aromatic rings. The van der Waals surface area contributed by atoms with Crippen LogP contribution < -0.4 is 11.0 Å². The van der Waals surface area contributed by atoms with E-state index < -0.39 is 5.82 Å². The second-order valence-corrected chi connectivity index (χ2v) is 8.88. The zero-order valence-corrected chi connectivity index (χ0v) is 20.5. The van der Waals surface area contributed by atoms with Gasteiger partial charge in [-0.25, -0.2) is 9.37 Å². The highest BCUT2D eigenvalue weighted by molar-refractivity contribution is 5.85. The van der Waals surface area contributed by atoms with Crippen molar-refractivity contribution >= 4 is 33.3 Å². The highest BCUT2D eigenvalue weighted by atomic mass is 19.1. The van der Waals surface area contributed by atoms with Gasteiger partial charge in [-0.2, -0.15) is 0 Å². The summed E-state index contributed by atoms with van der Waals surface area (Å²) in [5.74, 6) is 0.0238. The first-order valence-electron chi connectivity index (χ1n) is 12.4. The van der Waals surface area contributed by atoms with E-state index in [1.165, 1.54) is 17.1 Å². The first kappa shape index (κ1) is 24.2. The maximum absolute atomic E-state index is 13.8. The van der Waals surface area contributed by atoms with Crippen LogP contribution in [0.2, 0.25) is 0 Å². The van der Waals surface area contributed by atoms with Gasteiger partial charge in [0.15, 0.2) is 0 Å². The molecule has 0 radical (unpaired) electrons. The Morgan fingerprint density at radius 2 is 1.73 bits per heavy atom. The molecule has 1 amide bonds. The third-order valence-corrected chi connectivity index (χ3v) is 6.25. The topological polar surface area (TPSA) is 67.2 Å². The molecule has 37 heavy (non-hydrogen) atoms. The number of hydrogen-bond donors (Lipinski definition) is 1. The van der Waals surface area contributed by atoms with Crippen molar-refractivity contribution in [3.63, 3.8) is 0 Å². The number of halogens is 1. The number of aromatic nitrogens is 2. The summed E-state index contributed by atoms with van der Waals surface area (Å²) < 4.78 is 15.4. The van der Waals surface area contributed by atoms with Crippen LogP contribution in [0.25, 0.3) is 27.4 Å². The van der Waals surface area contributed by atoms with Crippen molar-refractivity contribution in [2.45, 2.75) is 26.2 Å². The molecule has 0 fully saturated rings. The second-order valence-electron chi connectivity index (χ2n) is 8.88. The van der Waals surface area contributed by atoms with Gasteiger partial charge in [0.25, 0.3) is 5.56 Å². The summed E-state index contributed by atoms with van der Waals surface area (Å²) >= 11 is 0. The van der Waals surface area contributed by atoms with E-state index in [9.17, 15) is 14.0 Å². The van der Waals surface area contributed by atoms with Gasteiger partial charge in [-0.05, 0) is 59.7 Å². The Kier molecular flexibility index (Phi) is 6.94. The van der Waals surface area contributed by atoms with Gasteiger partial charge in [0, 0.05) is 19.4 Å². The molecule has 0 aliphatic heterocycles. The van der Waals surface area contributed by atoms with Crippen LogP contribution in [0.5, 0.6) is 0 Å². The lowest BCUT2D eigenvalue weighted by molar-refractivity contribution is -0.129. The maximum Gasteiger partial charge on any atom is 0.265 e. The van der Waals surface area contributed by atoms with E-state index in [4.69, 9.17) is 4.98 Å². The van der Waals surface area contributed by atoms with Gasteiger partial charge in [-0.3, -0.25) is 24.6 Å². The summed E-state index contributed by atoms with van der Waals surface area (Å²) in [5.41, 5.74) is 4.66. The highest BCUT2D eigenvalue weighted by Crippen LogP contribution is 2.20. The van der Waals surface area contributed by atoms with Crippen LogP contribution in [0.4, 0.5) is 10.1 Å². The Balaban J connectivity index is 1.55. The largest absolute Gasteiger partial charge is 0.296 e. The van der Waals surface area contributed by atoms with Crippen molar-refractivity contribution in [2.24, 2.45) is 0 Å². The van der Waals surface area contributed by atoms with Gasteiger partial charge in [-0.1, -0.05) is 55.5 Å². The van der Waals surface area contributed by atoms with E-state index in [0.29, 0.717) is 47.4 Å². The molecule has 0 bridgehead atoms. The minimum absolute atomic E-state index is 0.118. The Bertz CT molecular complexity index is 1650. The summed E-state index contributed by atoms with van der Waals surface area (Å²) in [6.07, 6.45) is 1.33. The van der Waals surface area contributed by atoms with Crippen LogP contribution in [-0.2, 0) is 11.2 Å². The number of amides is 1. The van der Waals surface area contributed by atoms with Gasteiger partial charge in [0.2, 0.25) is 5.91 Å². The molecule has 1 heterocycles. The fraction of sp³-hybridized carbons (Fsp3) is 0.167. The van der Waals surface area contributed by atoms with Crippen LogP contribution in [0.1, 0.15) is 25.6 Å². The second kappa shape index (κ2) is 10.6. The van der Waals surface area contributed by atoms with E-state index in [1.54, 1.807) is 22.8 Å². The molecule has 0 atom stereocenters. The van der Waals surface area contributed by atoms with Crippen LogP contribution in [0.3, 0.4) is 0 Å². The van der Waals surface area contributed by atoms with Crippen LogP contribution in [-0.4, -0.2) is 27.0 Å². The van der Waals surface area contributed by atoms with Crippen LogP contribution in [0, 0.1) is 5.82 Å². The SMILES string of the molecule is CCCC(=O)N(CCc1nc2ccccc2c(=O)n1-c1ccc2ccccc2c1)Nc1cccc(F)c1. The number of rotatable bonds is 8. The van der Waals surface area contributed by atoms with Crippen LogP contribution in [0.15, 0.2) is 95.8 Å². The van der Waals surface area contributed by atoms with Crippen molar-refractivity contribution < 1.29 is 9.18 Å². The smallest absolute Gasteiger partial charge is 0.265 e. The molecular formula is C30H27FN4O2. The molecule has 0 unspecified atom stereocenters. The van der Waals surface area contributed by atoms with E-state index >= 15 is 0 Å². The number of hydrazine groups is 1. The number of carbonyl (C=O) groups is 1. The normalized spacial score (nSPS) is 11.1. The van der Waals surface area contributed by atoms with Gasteiger partial charge in [0.05, 0.1) is 22.3 Å². The number of fused-ring (bicyclic) bond motifs is 2. The van der Waals surface area contributed by atoms with E-state index in [-0.39, 0.29) is 18.0 Å². The van der Waals surface area contributed by atoms with E-state index in [1.807, 2.05) is 67.6 Å². The minimum atomic E-state index is -0.394. The van der Waals surface area contributed by atoms with E-state index in [0.717, 1.165) is 10.8 Å². The summed E-state index contributed by atoms with van der Waals surface area (Å²) in [7, 11) is 0. The summed E-state index contributed by atoms with van der Waals surface area (Å²) in [6.45, 7) is 2.17. The maximum atomic E-state index is 13.8. The molecule has 7 heteroatoms. The molecule has 0 spiro atoms. The molecule has 0 saturated carbocycles. The molecule has 5 rings (SSSR count). The van der Waals surface area contributed by atoms with Gasteiger partial charge < -0.3 is 0 Å². The minimum Gasteiger partial charge on any atom is -0.296 e. The lowest BCUT2D eigenvalue weighted by Gasteiger charge is -2.25. The molecule has 1 N–H and O–H groups in total. The number of carbonyl (C=O) groups excluding carboxylic acids is 1. The number of hydrogen-bond acceptors (Lipinski definition) is 4. The van der Waals surface area contributed by atoms with Crippen molar-refractivity contribution in [1.29, 1.82) is 0 Å². The van der Waals surface area contributed by atoms with Crippen molar-refractivity contribution in [3.8, 4) is 5.69 Å². The Labute approximate surface area is 214 Å². The van der Waals surface area contributed by atoms with Crippen molar-refractivity contribution in [3.05, 3.63) is 113 Å². The molecule has 0 aliphatic rings. The molecule has 0 saturated heterocycles. The van der Waals surface area contributed by atoms with Gasteiger partial charge in [0.1, 0.15) is 11.6 Å². The van der Waals surface area contributed by atoms with Gasteiger partial charge >= 0.3 is 0 Å². The first-order chi connectivity index (χ1) is 18.0. The zero-order valence-electron chi connectivity index (χ0n) is 20.5. The Morgan fingerprint density at radius 3 is 2.54 bits per heavy atom. The summed E-state index contributed by atoms with van der Waals surface area (Å²) in [5, 5.41) is 4.09. The fourth-order valence-electron chi connectivity index (χ4n) is 4.45. The number of para-hydroxylation sites is 1. The summed E-state index contributed by atoms with van der Waals surface area (Å²) in [4.78, 5) is 31.4. The van der Waals surface area contributed by atoms with E-state index in [2.05, 4.69) is 5.43 Å². The highest BCUT2D eigenvalue weighted by Gasteiger charge is 2.18. The standard InChI is InChI=1S/C30H27FN4O2/c1-2-8-29(36)34(33-24-12-7-11-23(31)20-24)18-17-28-32-27-14-6-5-13-26(27)30(37)35(28)25-16-15-21-9-3-4-10-22(21)19-25/h3-7,9-16,19-20,33H,2,8,17-18H2,1H3. The van der Waals surface area contributed by atoms with Gasteiger partial charge in [-0.15, -0.1) is 0 Å². The predicted octanol–water partition coefficient (Wildman–Crippen LogP) is 5.88. The fourth-order valence-corrected chi connectivity index (χ4v) is 4.45. The predicted molar refractivity (Wildman–Crippen MR) is 145 cm³/mol. The van der Waals surface area contributed by atoms with Crippen LogP contribution >= 0.6 is 0 Å². The lowest BCUT2D eigenvalue weighted by Crippen LogP contribution is -2.38. The molecule has 6 nitrogen and oxygen atoms in total. The average Bonchev–Trinajstić information content (AvgIpc) is 2.91. The number of nitrogens with zero attached hydrogens (tertiary/aromatic N) is 3. The Hall–Kier alpha value is -4.52. The summed E-state index contributed by atoms with van der Waals surface area (Å²) in [6, 6.07) is 27.1. The third-order valence-electron chi connectivity index (χ3n) is 6.25. The molecule has 0 aliphatic carbocycles. The van der Waals surface area contributed by atoms with Crippen molar-refractivity contribution in [1.82, 2.24) is 14.6 Å². The quantitative estimate of drug-likeness (QED) is 0.274. The molecule has 4 aromatic carbocycles. The zero-order chi connectivity index (χ0) is 25.8. The first-order valence-corrected chi connectivity index (χ1v) is 12.4. The average molecular weight is 495 g/mol. The monoisotopic (exact) mass is 494 g/mol. The number of benzene rings is 4. The van der Waals surface area contributed by atoms with Crippen molar-refractivity contribution in [2.75, 3.05) is 12.0 Å². The Morgan fingerprint density at radius 1 is 0.946 bits per heavy atom. The third kappa shape index (κ3) is 5.21. The molecular weight excluding hydrogens is 467 g/mol. The molecule has 186 valence electrons. The number of anilines is 1.